The van der Waals surface area contributed by atoms with Crippen molar-refractivity contribution >= 4 is 17.5 Å². The van der Waals surface area contributed by atoms with Gasteiger partial charge < -0.3 is 15.6 Å². The van der Waals surface area contributed by atoms with Crippen LogP contribution in [0, 0.1) is 0 Å². The Morgan fingerprint density at radius 3 is 2.42 bits per heavy atom. The summed E-state index contributed by atoms with van der Waals surface area (Å²) in [6, 6.07) is 10.3. The standard InChI is InChI=1S/C22H27NO3/c1-5-22(3,4)18-13-16(21(26-6-2)14-20(18)25)9-12-19(24)15-7-10-17(23)11-8-15/h7-14,25H,5-6,23H2,1-4H3. The van der Waals surface area contributed by atoms with Crippen molar-refractivity contribution in [3.8, 4) is 11.5 Å². The van der Waals surface area contributed by atoms with Crippen molar-refractivity contribution < 1.29 is 14.6 Å². The number of anilines is 1. The van der Waals surface area contributed by atoms with Gasteiger partial charge in [-0.15, -0.1) is 0 Å². The van der Waals surface area contributed by atoms with E-state index in [2.05, 4.69) is 20.8 Å². The van der Waals surface area contributed by atoms with Crippen molar-refractivity contribution in [2.75, 3.05) is 12.3 Å². The summed E-state index contributed by atoms with van der Waals surface area (Å²) in [7, 11) is 0. The number of ketones is 1. The molecule has 0 saturated heterocycles. The van der Waals surface area contributed by atoms with Crippen molar-refractivity contribution in [1.82, 2.24) is 0 Å². The Morgan fingerprint density at radius 1 is 1.19 bits per heavy atom. The van der Waals surface area contributed by atoms with Crippen LogP contribution in [0.2, 0.25) is 0 Å². The molecule has 0 radical (unpaired) electrons. The van der Waals surface area contributed by atoms with Gasteiger partial charge in [0.2, 0.25) is 0 Å². The van der Waals surface area contributed by atoms with Gasteiger partial charge in [-0.25, -0.2) is 0 Å². The van der Waals surface area contributed by atoms with Crippen LogP contribution in [0.25, 0.3) is 6.08 Å². The zero-order valence-corrected chi connectivity index (χ0v) is 15.9. The van der Waals surface area contributed by atoms with Gasteiger partial charge in [0.25, 0.3) is 0 Å². The Kier molecular flexibility index (Phi) is 6.09. The average molecular weight is 353 g/mol. The Balaban J connectivity index is 2.40. The van der Waals surface area contributed by atoms with E-state index >= 15 is 0 Å². The second-order valence-corrected chi connectivity index (χ2v) is 6.90. The van der Waals surface area contributed by atoms with Crippen LogP contribution in [0.15, 0.2) is 42.5 Å². The fourth-order valence-electron chi connectivity index (χ4n) is 2.64. The smallest absolute Gasteiger partial charge is 0.185 e. The fourth-order valence-corrected chi connectivity index (χ4v) is 2.64. The lowest BCUT2D eigenvalue weighted by atomic mass is 9.81. The van der Waals surface area contributed by atoms with Crippen LogP contribution in [-0.2, 0) is 5.41 Å². The monoisotopic (exact) mass is 353 g/mol. The van der Waals surface area contributed by atoms with Gasteiger partial charge in [0.1, 0.15) is 11.5 Å². The molecule has 0 amide bonds. The number of hydrogen-bond acceptors (Lipinski definition) is 4. The summed E-state index contributed by atoms with van der Waals surface area (Å²) < 4.78 is 5.63. The minimum atomic E-state index is -0.182. The largest absolute Gasteiger partial charge is 0.508 e. The molecule has 4 nitrogen and oxygen atoms in total. The zero-order valence-electron chi connectivity index (χ0n) is 15.9. The SMILES string of the molecule is CCOc1cc(O)c(C(C)(C)CC)cc1C=CC(=O)c1ccc(N)cc1. The quantitative estimate of drug-likeness (QED) is 0.419. The zero-order chi connectivity index (χ0) is 19.3. The number of rotatable bonds is 7. The molecule has 0 aromatic heterocycles. The summed E-state index contributed by atoms with van der Waals surface area (Å²) in [4.78, 5) is 12.4. The van der Waals surface area contributed by atoms with Crippen molar-refractivity contribution in [1.29, 1.82) is 0 Å². The second kappa shape index (κ2) is 8.09. The molecule has 0 aliphatic rings. The molecule has 2 aromatic rings. The van der Waals surface area contributed by atoms with E-state index in [1.165, 1.54) is 6.08 Å². The summed E-state index contributed by atoms with van der Waals surface area (Å²) in [5.41, 5.74) is 8.27. The first-order valence-electron chi connectivity index (χ1n) is 8.86. The van der Waals surface area contributed by atoms with Crippen LogP contribution >= 0.6 is 0 Å². The van der Waals surface area contributed by atoms with E-state index in [0.29, 0.717) is 23.6 Å². The van der Waals surface area contributed by atoms with Crippen LogP contribution in [0.4, 0.5) is 5.69 Å². The van der Waals surface area contributed by atoms with E-state index in [-0.39, 0.29) is 16.9 Å². The van der Waals surface area contributed by atoms with Gasteiger partial charge in [0, 0.05) is 28.4 Å². The highest BCUT2D eigenvalue weighted by atomic mass is 16.5. The molecule has 0 aliphatic carbocycles. The molecule has 26 heavy (non-hydrogen) atoms. The molecule has 0 heterocycles. The van der Waals surface area contributed by atoms with Gasteiger partial charge in [0.15, 0.2) is 5.78 Å². The van der Waals surface area contributed by atoms with Crippen LogP contribution in [0.3, 0.4) is 0 Å². The number of hydrogen-bond donors (Lipinski definition) is 2. The Morgan fingerprint density at radius 2 is 1.85 bits per heavy atom. The second-order valence-electron chi connectivity index (χ2n) is 6.90. The van der Waals surface area contributed by atoms with Crippen molar-refractivity contribution in [3.63, 3.8) is 0 Å². The molecule has 0 fully saturated rings. The number of nitrogens with two attached hydrogens (primary N) is 1. The summed E-state index contributed by atoms with van der Waals surface area (Å²) in [5, 5.41) is 10.4. The normalized spacial score (nSPS) is 11.7. The Labute approximate surface area is 155 Å². The van der Waals surface area contributed by atoms with Gasteiger partial charge in [-0.2, -0.15) is 0 Å². The lowest BCUT2D eigenvalue weighted by molar-refractivity contribution is 0.104. The number of carbonyl (C=O) groups excluding carboxylic acids is 1. The number of carbonyl (C=O) groups is 1. The first kappa shape index (κ1) is 19.6. The maximum Gasteiger partial charge on any atom is 0.185 e. The predicted molar refractivity (Wildman–Crippen MR) is 107 cm³/mol. The third kappa shape index (κ3) is 4.45. The lowest BCUT2D eigenvalue weighted by Gasteiger charge is -2.25. The minimum Gasteiger partial charge on any atom is -0.508 e. The van der Waals surface area contributed by atoms with E-state index in [1.807, 2.05) is 13.0 Å². The third-order valence-corrected chi connectivity index (χ3v) is 4.65. The van der Waals surface area contributed by atoms with Crippen LogP contribution < -0.4 is 10.5 Å². The summed E-state index contributed by atoms with van der Waals surface area (Å²) in [5.74, 6) is 0.654. The van der Waals surface area contributed by atoms with Crippen LogP contribution in [0.5, 0.6) is 11.5 Å². The summed E-state index contributed by atoms with van der Waals surface area (Å²) in [6.45, 7) is 8.59. The maximum atomic E-state index is 12.4. The number of aromatic hydroxyl groups is 1. The Bertz CT molecular complexity index is 805. The van der Waals surface area contributed by atoms with E-state index in [1.54, 1.807) is 36.4 Å². The van der Waals surface area contributed by atoms with Crippen molar-refractivity contribution in [2.24, 2.45) is 0 Å². The van der Waals surface area contributed by atoms with Crippen molar-refractivity contribution in [2.45, 2.75) is 39.5 Å². The number of phenolic OH excluding ortho intramolecular Hbond substituents is 1. The van der Waals surface area contributed by atoms with Gasteiger partial charge in [-0.1, -0.05) is 20.8 Å². The van der Waals surface area contributed by atoms with E-state index in [9.17, 15) is 9.90 Å². The number of allylic oxidation sites excluding steroid dienone is 1. The summed E-state index contributed by atoms with van der Waals surface area (Å²) >= 11 is 0. The van der Waals surface area contributed by atoms with Gasteiger partial charge >= 0.3 is 0 Å². The van der Waals surface area contributed by atoms with Crippen LogP contribution in [-0.4, -0.2) is 17.5 Å². The third-order valence-electron chi connectivity index (χ3n) is 4.65. The summed E-state index contributed by atoms with van der Waals surface area (Å²) in [6.07, 6.45) is 4.13. The van der Waals surface area contributed by atoms with Crippen molar-refractivity contribution in [3.05, 3.63) is 59.2 Å². The minimum absolute atomic E-state index is 0.114. The highest BCUT2D eigenvalue weighted by Gasteiger charge is 2.23. The molecule has 4 heteroatoms. The Hall–Kier alpha value is -2.75. The molecule has 2 rings (SSSR count). The fraction of sp³-hybridized carbons (Fsp3) is 0.318. The topological polar surface area (TPSA) is 72.5 Å². The van der Waals surface area contributed by atoms with E-state index < -0.39 is 0 Å². The molecule has 0 atom stereocenters. The van der Waals surface area contributed by atoms with E-state index in [0.717, 1.165) is 17.5 Å². The molecule has 0 saturated carbocycles. The predicted octanol–water partition coefficient (Wildman–Crippen LogP) is 4.96. The molecule has 138 valence electrons. The number of nitrogen functional groups attached to an aromatic ring is 1. The molecular formula is C22H27NO3. The molecule has 0 spiro atoms. The molecule has 2 aromatic carbocycles. The maximum absolute atomic E-state index is 12.4. The number of benzene rings is 2. The first-order chi connectivity index (χ1) is 12.3. The average Bonchev–Trinajstić information content (AvgIpc) is 2.61. The molecule has 0 unspecified atom stereocenters. The van der Waals surface area contributed by atoms with Gasteiger partial charge in [0.05, 0.1) is 6.61 Å². The highest BCUT2D eigenvalue weighted by Crippen LogP contribution is 2.38. The molecule has 0 bridgehead atoms. The highest BCUT2D eigenvalue weighted by molar-refractivity contribution is 6.07. The first-order valence-corrected chi connectivity index (χ1v) is 8.86. The molecule has 3 N–H and O–H groups in total. The van der Waals surface area contributed by atoms with E-state index in [4.69, 9.17) is 10.5 Å². The molecular weight excluding hydrogens is 326 g/mol. The number of ether oxygens (including phenoxy) is 1. The van der Waals surface area contributed by atoms with Crippen LogP contribution in [0.1, 0.15) is 55.6 Å². The van der Waals surface area contributed by atoms with Gasteiger partial charge in [-0.05, 0) is 61.2 Å². The molecule has 0 aliphatic heterocycles. The number of phenols is 1. The lowest BCUT2D eigenvalue weighted by Crippen LogP contribution is -2.16. The van der Waals surface area contributed by atoms with Gasteiger partial charge in [-0.3, -0.25) is 4.79 Å².